The number of halogens is 4. The Hall–Kier alpha value is -15.5. The van der Waals surface area contributed by atoms with Crippen molar-refractivity contribution in [2.45, 2.75) is 16.2 Å². The van der Waals surface area contributed by atoms with Gasteiger partial charge in [0.25, 0.3) is 0 Å². The minimum atomic E-state index is -0.501. The number of rotatable bonds is 11. The number of nitrogens with zero attached hydrogens (tertiary/aromatic N) is 1. The van der Waals surface area contributed by atoms with E-state index in [2.05, 4.69) is 390 Å². The van der Waals surface area contributed by atoms with Gasteiger partial charge in [0.2, 0.25) is 0 Å². The third-order valence-electron chi connectivity index (χ3n) is 26.2. The zero-order chi connectivity index (χ0) is 89.6. The predicted molar refractivity (Wildman–Crippen MR) is 558 cm³/mol. The molecule has 3 aliphatic rings. The summed E-state index contributed by atoms with van der Waals surface area (Å²) in [7, 11) is 0. The molecule has 10 heteroatoms. The molecule has 23 aromatic rings. The van der Waals surface area contributed by atoms with Crippen molar-refractivity contribution in [3.8, 4) is 33.4 Å². The summed E-state index contributed by atoms with van der Waals surface area (Å²) in [4.78, 5) is 2.32. The van der Waals surface area contributed by atoms with Crippen molar-refractivity contribution in [1.82, 2.24) is 0 Å². The standard InChI is InChI=1S/C43H28ClNO.C37H25NO.C25H17Br.C12H9NO.C6H4Cl2/c44-31-17-11-18-32(27-31)45(39-22-12-24-41-42(39)36-20-8-10-23-40(36)46-41)33-25-26-35-34-19-7-9-21-37(34)43(38(35)28-33,29-13-3-1-4-14-29)30-15-5-2-6-16-30;1-3-12-25(13-4-1)37(26-14-5-2-6-15-26)31-18-9-7-16-28(31)29-23-22-27(24-32(29)37)38-33-19-11-21-35-36(33)30-17-8-10-20-34(30)39-35;26-20-15-16-22-21-13-7-8-14-23(21)25(24(22)17-20,18-9-3-1-4-10-18)19-11-5-2-6-12-19;13-9-5-3-7-11-12(9)8-4-1-2-6-10(8)14-11;7-5-2-1-3-6(8)4-5/h1-28H;1-24,38H;1-17H;1-7H,13H2;1-4H. The van der Waals surface area contributed by atoms with E-state index in [1.54, 1.807) is 18.2 Å². The average Bonchev–Trinajstić information content (AvgIpc) is 1.55. The topological polar surface area (TPSA) is 80.7 Å². The van der Waals surface area contributed by atoms with Gasteiger partial charge in [0, 0.05) is 58.4 Å². The molecular weight excluding hydrogens is 1750 g/mol. The lowest BCUT2D eigenvalue weighted by atomic mass is 9.67. The maximum absolute atomic E-state index is 6.67. The number of para-hydroxylation sites is 3. The van der Waals surface area contributed by atoms with Gasteiger partial charge in [0.1, 0.15) is 33.5 Å². The largest absolute Gasteiger partial charge is 0.456 e. The van der Waals surface area contributed by atoms with E-state index in [0.29, 0.717) is 15.1 Å². The van der Waals surface area contributed by atoms with E-state index in [0.717, 1.165) is 104 Å². The highest BCUT2D eigenvalue weighted by Crippen LogP contribution is 2.61. The van der Waals surface area contributed by atoms with Crippen LogP contribution in [0.15, 0.2) is 503 Å². The summed E-state index contributed by atoms with van der Waals surface area (Å²) in [6.45, 7) is 0. The van der Waals surface area contributed by atoms with Gasteiger partial charge >= 0.3 is 0 Å². The second kappa shape index (κ2) is 35.4. The monoisotopic (exact) mass is 1830 g/mol. The number of anilines is 6. The molecule has 0 radical (unpaired) electrons. The molecule has 636 valence electrons. The number of nitrogens with one attached hydrogen (secondary N) is 1. The first kappa shape index (κ1) is 83.2. The maximum Gasteiger partial charge on any atom is 0.137 e. The van der Waals surface area contributed by atoms with E-state index < -0.39 is 10.8 Å². The van der Waals surface area contributed by atoms with Gasteiger partial charge in [-0.1, -0.05) is 409 Å². The van der Waals surface area contributed by atoms with Crippen LogP contribution in [0.2, 0.25) is 15.1 Å². The van der Waals surface area contributed by atoms with Crippen LogP contribution in [-0.4, -0.2) is 0 Å². The van der Waals surface area contributed by atoms with Crippen LogP contribution in [0.5, 0.6) is 0 Å². The number of benzene rings is 20. The second-order valence-corrected chi connectivity index (χ2v) is 35.7. The highest BCUT2D eigenvalue weighted by Gasteiger charge is 2.49. The summed E-state index contributed by atoms with van der Waals surface area (Å²) >= 11 is 21.5. The fraction of sp³-hybridized carbons (Fsp3) is 0.0244. The first-order valence-corrected chi connectivity index (χ1v) is 46.4. The highest BCUT2D eigenvalue weighted by atomic mass is 79.9. The SMILES string of the molecule is Brc1ccc2c(c1)C(c1ccccc1)(c1ccccc1)c1ccccc1-2.Clc1cccc(Cl)c1.Clc1cccc(N(c2ccc3c(c2)C(c2ccccc2)(c2ccccc2)c2ccccc2-3)c2cccc3oc4ccccc4c23)c1.Nc1cccc2oc3ccccc3c12.c1ccc(C2(c3ccccc3)c3ccccc3-c3ccc(Nc4cccc5oc6ccccc6c45)cc32)cc1. The fourth-order valence-electron chi connectivity index (χ4n) is 20.8. The number of nitrogen functional groups attached to an aromatic ring is 1. The minimum Gasteiger partial charge on any atom is -0.456 e. The van der Waals surface area contributed by atoms with Crippen LogP contribution in [0, 0.1) is 0 Å². The molecule has 0 saturated carbocycles. The number of nitrogens with two attached hydrogens (primary N) is 1. The third kappa shape index (κ3) is 14.6. The molecule has 0 fully saturated rings. The Kier molecular flexibility index (Phi) is 22.2. The molecule has 0 amide bonds. The predicted octanol–water partition coefficient (Wildman–Crippen LogP) is 34.7. The van der Waals surface area contributed by atoms with Crippen LogP contribution < -0.4 is 16.0 Å². The van der Waals surface area contributed by atoms with Crippen LogP contribution in [0.25, 0.3) is 99.2 Å². The smallest absolute Gasteiger partial charge is 0.137 e. The van der Waals surface area contributed by atoms with E-state index in [-0.39, 0.29) is 5.41 Å². The van der Waals surface area contributed by atoms with E-state index in [4.69, 9.17) is 53.8 Å². The summed E-state index contributed by atoms with van der Waals surface area (Å²) in [5, 5.41) is 12.3. The van der Waals surface area contributed by atoms with Crippen LogP contribution >= 0.6 is 50.7 Å². The number of hydrogen-bond donors (Lipinski definition) is 2. The summed E-state index contributed by atoms with van der Waals surface area (Å²) in [5.74, 6) is 0. The number of fused-ring (bicyclic) bond motifs is 18. The van der Waals surface area contributed by atoms with Crippen molar-refractivity contribution in [2.24, 2.45) is 0 Å². The minimum absolute atomic E-state index is 0.293. The Morgan fingerprint density at radius 3 is 1.02 bits per heavy atom. The lowest BCUT2D eigenvalue weighted by Gasteiger charge is -2.35. The zero-order valence-corrected chi connectivity index (χ0v) is 75.8. The van der Waals surface area contributed by atoms with Crippen molar-refractivity contribution in [2.75, 3.05) is 16.0 Å². The van der Waals surface area contributed by atoms with Crippen LogP contribution in [0.3, 0.4) is 0 Å². The Morgan fingerprint density at radius 2 is 0.564 bits per heavy atom. The van der Waals surface area contributed by atoms with Crippen molar-refractivity contribution in [1.29, 1.82) is 0 Å². The Labute approximate surface area is 794 Å². The summed E-state index contributed by atoms with van der Waals surface area (Å²) in [6.07, 6.45) is 0. The molecule has 133 heavy (non-hydrogen) atoms. The molecule has 26 rings (SSSR count). The van der Waals surface area contributed by atoms with Crippen LogP contribution in [0.4, 0.5) is 34.1 Å². The summed E-state index contributed by atoms with van der Waals surface area (Å²) < 4.78 is 19.3. The average molecular weight is 1840 g/mol. The molecule has 3 aromatic heterocycles. The van der Waals surface area contributed by atoms with Gasteiger partial charge in [0.05, 0.1) is 43.8 Å². The molecule has 0 bridgehead atoms. The molecule has 20 aromatic carbocycles. The first-order valence-electron chi connectivity index (χ1n) is 44.5. The normalized spacial score (nSPS) is 12.9. The van der Waals surface area contributed by atoms with Gasteiger partial charge in [-0.2, -0.15) is 0 Å². The van der Waals surface area contributed by atoms with E-state index in [9.17, 15) is 0 Å². The Morgan fingerprint density at radius 1 is 0.241 bits per heavy atom. The fourth-order valence-corrected chi connectivity index (χ4v) is 21.8. The summed E-state index contributed by atoms with van der Waals surface area (Å²) in [5.41, 5.74) is 39.0. The number of furan rings is 3. The Balaban J connectivity index is 0.000000106. The van der Waals surface area contributed by atoms with Gasteiger partial charge in [-0.15, -0.1) is 0 Å². The number of hydrogen-bond acceptors (Lipinski definition) is 6. The second-order valence-electron chi connectivity index (χ2n) is 33.5. The first-order chi connectivity index (χ1) is 65.5. The molecule has 0 aliphatic heterocycles. The van der Waals surface area contributed by atoms with Gasteiger partial charge in [-0.25, -0.2) is 0 Å². The van der Waals surface area contributed by atoms with Crippen LogP contribution in [0.1, 0.15) is 66.8 Å². The zero-order valence-electron chi connectivity index (χ0n) is 71.9. The summed E-state index contributed by atoms with van der Waals surface area (Å²) in [6, 6.07) is 170. The van der Waals surface area contributed by atoms with Crippen molar-refractivity contribution >= 4 is 151 Å². The van der Waals surface area contributed by atoms with E-state index >= 15 is 0 Å². The maximum atomic E-state index is 6.67. The van der Waals surface area contributed by atoms with Crippen molar-refractivity contribution in [3.63, 3.8) is 0 Å². The molecule has 0 unspecified atom stereocenters. The Bertz CT molecular complexity index is 8130. The van der Waals surface area contributed by atoms with E-state index in [1.165, 1.54) is 100 Å². The van der Waals surface area contributed by atoms with Gasteiger partial charge in [0.15, 0.2) is 0 Å². The van der Waals surface area contributed by atoms with Crippen molar-refractivity contribution in [3.05, 3.63) is 572 Å². The van der Waals surface area contributed by atoms with Crippen molar-refractivity contribution < 1.29 is 13.3 Å². The highest BCUT2D eigenvalue weighted by molar-refractivity contribution is 9.10. The lowest BCUT2D eigenvalue weighted by Crippen LogP contribution is -2.28. The molecule has 0 atom stereocenters. The van der Waals surface area contributed by atoms with E-state index in [1.807, 2.05) is 103 Å². The van der Waals surface area contributed by atoms with Gasteiger partial charge in [-0.3, -0.25) is 0 Å². The molecule has 6 nitrogen and oxygen atoms in total. The third-order valence-corrected chi connectivity index (χ3v) is 27.4. The molecule has 0 spiro atoms. The quantitative estimate of drug-likeness (QED) is 0.126. The molecule has 0 saturated heterocycles. The van der Waals surface area contributed by atoms with Gasteiger partial charge < -0.3 is 29.2 Å². The molecule has 3 N–H and O–H groups in total. The molecule has 3 heterocycles. The van der Waals surface area contributed by atoms with Gasteiger partial charge in [-0.05, 0) is 228 Å². The molecule has 3 aliphatic carbocycles. The molecular formula is C123H83BrCl3N3O3. The lowest BCUT2D eigenvalue weighted by molar-refractivity contribution is 0.668. The van der Waals surface area contributed by atoms with Crippen LogP contribution in [-0.2, 0) is 16.2 Å².